The Labute approximate surface area is 194 Å². The second-order valence-electron chi connectivity index (χ2n) is 6.99. The topological polar surface area (TPSA) is 87.5 Å². The number of carbonyl (C=O) groups is 1. The van der Waals surface area contributed by atoms with E-state index in [1.54, 1.807) is 49.0 Å². The summed E-state index contributed by atoms with van der Waals surface area (Å²) in [5.41, 5.74) is 2.48. The van der Waals surface area contributed by atoms with E-state index in [1.165, 1.54) is 13.4 Å². The molecule has 166 valence electrons. The molecule has 1 aliphatic rings. The molecule has 1 atom stereocenters. The molecular formula is C22H20Cl2N4O4. The number of anilines is 1. The molecule has 0 saturated carbocycles. The van der Waals surface area contributed by atoms with Crippen LogP contribution in [0.5, 0.6) is 11.5 Å². The number of halogens is 2. The van der Waals surface area contributed by atoms with Crippen molar-refractivity contribution >= 4 is 35.1 Å². The second-order valence-corrected chi connectivity index (χ2v) is 7.80. The minimum atomic E-state index is -0.554. The summed E-state index contributed by atoms with van der Waals surface area (Å²) in [7, 11) is 2.88. The normalized spacial score (nSPS) is 15.1. The van der Waals surface area contributed by atoms with Crippen LogP contribution in [0, 0.1) is 0 Å². The number of aromatic nitrogens is 3. The SMILES string of the molecule is COC(=O)C1=C(C)Nc2ncnn2C1c1ccc(OCc2c(Cl)cccc2Cl)c(OC)c1. The summed E-state index contributed by atoms with van der Waals surface area (Å²) in [6, 6.07) is 10.1. The van der Waals surface area contributed by atoms with Gasteiger partial charge < -0.3 is 19.5 Å². The highest BCUT2D eigenvalue weighted by Crippen LogP contribution is 2.39. The van der Waals surface area contributed by atoms with Crippen LogP contribution in [0.4, 0.5) is 5.95 Å². The van der Waals surface area contributed by atoms with Crippen molar-refractivity contribution < 1.29 is 19.0 Å². The number of benzene rings is 2. The Morgan fingerprint density at radius 3 is 2.59 bits per heavy atom. The summed E-state index contributed by atoms with van der Waals surface area (Å²) < 4.78 is 18.1. The molecule has 1 unspecified atom stereocenters. The number of allylic oxidation sites excluding steroid dienone is 1. The van der Waals surface area contributed by atoms with Crippen molar-refractivity contribution in [3.05, 3.63) is 75.2 Å². The first-order valence-electron chi connectivity index (χ1n) is 9.63. The highest BCUT2D eigenvalue weighted by molar-refractivity contribution is 6.35. The number of nitrogens with zero attached hydrogens (tertiary/aromatic N) is 3. The van der Waals surface area contributed by atoms with E-state index in [9.17, 15) is 4.79 Å². The summed E-state index contributed by atoms with van der Waals surface area (Å²) in [5, 5.41) is 8.41. The summed E-state index contributed by atoms with van der Waals surface area (Å²) in [6.07, 6.45) is 1.42. The summed E-state index contributed by atoms with van der Waals surface area (Å²) in [4.78, 5) is 16.8. The third-order valence-electron chi connectivity index (χ3n) is 5.14. The first-order chi connectivity index (χ1) is 15.4. The standard InChI is InChI=1S/C22H20Cl2N4O4/c1-12-19(21(29)31-3)20(28-22(27-12)25-11-26-28)13-7-8-17(18(9-13)30-2)32-10-14-15(23)5-4-6-16(14)24/h4-9,11,20H,10H2,1-3H3,(H,25,26,27). The Morgan fingerprint density at radius 2 is 1.91 bits per heavy atom. The van der Waals surface area contributed by atoms with E-state index in [-0.39, 0.29) is 6.61 Å². The molecule has 0 radical (unpaired) electrons. The van der Waals surface area contributed by atoms with E-state index in [0.29, 0.717) is 44.3 Å². The van der Waals surface area contributed by atoms with E-state index >= 15 is 0 Å². The molecule has 4 rings (SSSR count). The highest BCUT2D eigenvalue weighted by atomic mass is 35.5. The third kappa shape index (κ3) is 3.99. The van der Waals surface area contributed by atoms with Gasteiger partial charge in [0, 0.05) is 21.3 Å². The Balaban J connectivity index is 1.70. The largest absolute Gasteiger partial charge is 0.493 e. The van der Waals surface area contributed by atoms with Crippen molar-refractivity contribution in [1.82, 2.24) is 14.8 Å². The van der Waals surface area contributed by atoms with Gasteiger partial charge in [0.2, 0.25) is 5.95 Å². The van der Waals surface area contributed by atoms with Crippen molar-refractivity contribution in [2.24, 2.45) is 0 Å². The molecule has 8 nitrogen and oxygen atoms in total. The van der Waals surface area contributed by atoms with Gasteiger partial charge in [0.15, 0.2) is 11.5 Å². The maximum Gasteiger partial charge on any atom is 0.338 e. The molecule has 32 heavy (non-hydrogen) atoms. The quantitative estimate of drug-likeness (QED) is 0.520. The van der Waals surface area contributed by atoms with Crippen LogP contribution in [0.25, 0.3) is 0 Å². The van der Waals surface area contributed by atoms with Gasteiger partial charge in [-0.25, -0.2) is 9.48 Å². The zero-order valence-corrected chi connectivity index (χ0v) is 19.1. The van der Waals surface area contributed by atoms with Gasteiger partial charge in [0.25, 0.3) is 0 Å². The Kier molecular flexibility index (Phi) is 6.25. The predicted octanol–water partition coefficient (Wildman–Crippen LogP) is 4.63. The smallest absolute Gasteiger partial charge is 0.338 e. The lowest BCUT2D eigenvalue weighted by atomic mass is 9.95. The van der Waals surface area contributed by atoms with Gasteiger partial charge in [-0.2, -0.15) is 10.1 Å². The molecule has 2 aromatic carbocycles. The van der Waals surface area contributed by atoms with Gasteiger partial charge in [-0.05, 0) is 36.8 Å². The summed E-state index contributed by atoms with van der Waals surface area (Å²) in [6.45, 7) is 1.96. The van der Waals surface area contributed by atoms with Crippen molar-refractivity contribution in [2.45, 2.75) is 19.6 Å². The second kappa shape index (κ2) is 9.10. The molecule has 0 saturated heterocycles. The number of esters is 1. The van der Waals surface area contributed by atoms with Gasteiger partial charge in [0.1, 0.15) is 19.0 Å². The highest BCUT2D eigenvalue weighted by Gasteiger charge is 2.34. The van der Waals surface area contributed by atoms with Gasteiger partial charge in [-0.3, -0.25) is 0 Å². The van der Waals surface area contributed by atoms with Crippen molar-refractivity contribution in [3.8, 4) is 11.5 Å². The number of hydrogen-bond acceptors (Lipinski definition) is 7. The molecule has 0 bridgehead atoms. The number of nitrogens with one attached hydrogen (secondary N) is 1. The van der Waals surface area contributed by atoms with Gasteiger partial charge in [-0.1, -0.05) is 35.3 Å². The first kappa shape index (κ1) is 22.0. The van der Waals surface area contributed by atoms with Crippen LogP contribution in [-0.2, 0) is 16.1 Å². The Bertz CT molecular complexity index is 1190. The molecule has 10 heteroatoms. The van der Waals surface area contributed by atoms with Gasteiger partial charge in [0.05, 0.1) is 19.8 Å². The minimum Gasteiger partial charge on any atom is -0.493 e. The van der Waals surface area contributed by atoms with Crippen LogP contribution in [0.2, 0.25) is 10.0 Å². The van der Waals surface area contributed by atoms with E-state index in [2.05, 4.69) is 15.4 Å². The summed E-state index contributed by atoms with van der Waals surface area (Å²) >= 11 is 12.5. The lowest BCUT2D eigenvalue weighted by Crippen LogP contribution is -2.29. The zero-order chi connectivity index (χ0) is 22.8. The van der Waals surface area contributed by atoms with Crippen molar-refractivity contribution in [1.29, 1.82) is 0 Å². The summed E-state index contributed by atoms with van der Waals surface area (Å²) in [5.74, 6) is 1.04. The Hall–Kier alpha value is -3.23. The fraction of sp³-hybridized carbons (Fsp3) is 0.227. The number of carbonyl (C=O) groups excluding carboxylic acids is 1. The average Bonchev–Trinajstić information content (AvgIpc) is 3.25. The number of ether oxygens (including phenoxy) is 3. The molecule has 0 spiro atoms. The molecule has 0 aliphatic carbocycles. The molecular weight excluding hydrogens is 455 g/mol. The van der Waals surface area contributed by atoms with Crippen LogP contribution >= 0.6 is 23.2 Å². The maximum atomic E-state index is 12.6. The predicted molar refractivity (Wildman–Crippen MR) is 120 cm³/mol. The number of methoxy groups -OCH3 is 2. The molecule has 0 fully saturated rings. The van der Waals surface area contributed by atoms with E-state index in [1.807, 2.05) is 6.07 Å². The van der Waals surface area contributed by atoms with E-state index in [4.69, 9.17) is 37.4 Å². The van der Waals surface area contributed by atoms with Crippen LogP contribution in [0.15, 0.2) is 54.0 Å². The number of fused-ring (bicyclic) bond motifs is 1. The van der Waals surface area contributed by atoms with Gasteiger partial charge >= 0.3 is 5.97 Å². The van der Waals surface area contributed by atoms with Crippen LogP contribution in [0.3, 0.4) is 0 Å². The monoisotopic (exact) mass is 474 g/mol. The van der Waals surface area contributed by atoms with Crippen LogP contribution < -0.4 is 14.8 Å². The third-order valence-corrected chi connectivity index (χ3v) is 5.85. The molecule has 1 aromatic heterocycles. The lowest BCUT2D eigenvalue weighted by molar-refractivity contribution is -0.136. The molecule has 0 amide bonds. The van der Waals surface area contributed by atoms with Crippen molar-refractivity contribution in [3.63, 3.8) is 0 Å². The average molecular weight is 475 g/mol. The van der Waals surface area contributed by atoms with Crippen LogP contribution in [-0.4, -0.2) is 35.0 Å². The molecule has 3 aromatic rings. The van der Waals surface area contributed by atoms with Gasteiger partial charge in [-0.15, -0.1) is 0 Å². The number of hydrogen-bond donors (Lipinski definition) is 1. The van der Waals surface area contributed by atoms with E-state index in [0.717, 1.165) is 5.56 Å². The fourth-order valence-electron chi connectivity index (χ4n) is 3.57. The minimum absolute atomic E-state index is 0.168. The number of rotatable bonds is 6. The van der Waals surface area contributed by atoms with E-state index < -0.39 is 12.0 Å². The molecule has 1 N–H and O–H groups in total. The van der Waals surface area contributed by atoms with Crippen LogP contribution in [0.1, 0.15) is 24.1 Å². The zero-order valence-electron chi connectivity index (χ0n) is 17.6. The Morgan fingerprint density at radius 1 is 1.16 bits per heavy atom. The maximum absolute atomic E-state index is 12.6. The van der Waals surface area contributed by atoms with Crippen molar-refractivity contribution in [2.75, 3.05) is 19.5 Å². The fourth-order valence-corrected chi connectivity index (χ4v) is 4.07. The molecule has 2 heterocycles. The molecule has 1 aliphatic heterocycles. The first-order valence-corrected chi connectivity index (χ1v) is 10.4. The lowest BCUT2D eigenvalue weighted by Gasteiger charge is -2.28.